The topological polar surface area (TPSA) is 68.8 Å². The first-order chi connectivity index (χ1) is 11.8. The summed E-state index contributed by atoms with van der Waals surface area (Å²) >= 11 is 0. The molecule has 0 radical (unpaired) electrons. The number of alkyl carbamates (subject to hydrolysis) is 1. The van der Waals surface area contributed by atoms with Crippen LogP contribution >= 0.6 is 0 Å². The van der Waals surface area contributed by atoms with E-state index in [4.69, 9.17) is 14.2 Å². The lowest BCUT2D eigenvalue weighted by Gasteiger charge is -2.36. The van der Waals surface area contributed by atoms with Gasteiger partial charge in [0.2, 0.25) is 0 Å². The van der Waals surface area contributed by atoms with Crippen LogP contribution in [0.4, 0.5) is 4.79 Å². The summed E-state index contributed by atoms with van der Waals surface area (Å²) in [5.74, 6) is 1.50. The van der Waals surface area contributed by atoms with Gasteiger partial charge in [-0.1, -0.05) is 6.07 Å². The number of carbonyl (C=O) groups is 1. The maximum absolute atomic E-state index is 11.7. The van der Waals surface area contributed by atoms with Crippen LogP contribution in [0.3, 0.4) is 0 Å². The molecule has 0 unspecified atom stereocenters. The van der Waals surface area contributed by atoms with E-state index >= 15 is 0 Å². The molecule has 25 heavy (non-hydrogen) atoms. The molecule has 1 aromatic carbocycles. The summed E-state index contributed by atoms with van der Waals surface area (Å²) in [5.41, 5.74) is 0.748. The molecule has 0 heterocycles. The van der Waals surface area contributed by atoms with Crippen molar-refractivity contribution >= 4 is 6.09 Å². The molecule has 0 spiro atoms. The van der Waals surface area contributed by atoms with Crippen LogP contribution in [-0.4, -0.2) is 44.5 Å². The average molecular weight is 350 g/mol. The lowest BCUT2D eigenvalue weighted by molar-refractivity contribution is 0.0465. The third-order valence-electron chi connectivity index (χ3n) is 4.15. The van der Waals surface area contributed by atoms with E-state index in [-0.39, 0.29) is 12.1 Å². The molecule has 6 nitrogen and oxygen atoms in total. The fourth-order valence-electron chi connectivity index (χ4n) is 2.83. The summed E-state index contributed by atoms with van der Waals surface area (Å²) in [6.07, 6.45) is 2.46. The van der Waals surface area contributed by atoms with Crippen LogP contribution in [0.1, 0.15) is 39.2 Å². The van der Waals surface area contributed by atoms with Crippen LogP contribution in [0.15, 0.2) is 18.2 Å². The van der Waals surface area contributed by atoms with Gasteiger partial charge in [0.1, 0.15) is 5.60 Å². The fraction of sp³-hybridized carbons (Fsp3) is 0.632. The van der Waals surface area contributed by atoms with Crippen molar-refractivity contribution in [2.75, 3.05) is 20.8 Å². The van der Waals surface area contributed by atoms with Gasteiger partial charge in [-0.3, -0.25) is 0 Å². The molecular formula is C19H30N2O4. The van der Waals surface area contributed by atoms with Gasteiger partial charge in [0, 0.05) is 12.1 Å². The SMILES string of the molecule is COc1ccc(CCNC2CC(NC(=O)OC(C)(C)C)C2)cc1OC. The summed E-state index contributed by atoms with van der Waals surface area (Å²) in [5, 5.41) is 6.43. The third kappa shape index (κ3) is 6.12. The highest BCUT2D eigenvalue weighted by atomic mass is 16.6. The summed E-state index contributed by atoms with van der Waals surface area (Å²) < 4.78 is 15.8. The Bertz CT molecular complexity index is 577. The number of benzene rings is 1. The fourth-order valence-corrected chi connectivity index (χ4v) is 2.83. The van der Waals surface area contributed by atoms with Crippen molar-refractivity contribution in [3.63, 3.8) is 0 Å². The van der Waals surface area contributed by atoms with Crippen molar-refractivity contribution in [2.45, 2.75) is 57.7 Å². The van der Waals surface area contributed by atoms with Gasteiger partial charge in [-0.05, 0) is 64.3 Å². The zero-order valence-corrected chi connectivity index (χ0v) is 15.8. The number of hydrogen-bond donors (Lipinski definition) is 2. The van der Waals surface area contributed by atoms with Crippen molar-refractivity contribution in [2.24, 2.45) is 0 Å². The molecule has 0 atom stereocenters. The quantitative estimate of drug-likeness (QED) is 0.791. The zero-order valence-electron chi connectivity index (χ0n) is 15.8. The molecule has 0 aromatic heterocycles. The highest BCUT2D eigenvalue weighted by molar-refractivity contribution is 5.68. The van der Waals surface area contributed by atoms with Crippen molar-refractivity contribution < 1.29 is 19.0 Å². The summed E-state index contributed by atoms with van der Waals surface area (Å²) in [6.45, 7) is 6.49. The Kier molecular flexibility index (Phi) is 6.53. The Hall–Kier alpha value is -1.95. The maximum atomic E-state index is 11.7. The van der Waals surface area contributed by atoms with E-state index in [0.29, 0.717) is 6.04 Å². The molecule has 0 saturated heterocycles. The van der Waals surface area contributed by atoms with Crippen LogP contribution in [-0.2, 0) is 11.2 Å². The van der Waals surface area contributed by atoms with E-state index in [1.165, 1.54) is 5.56 Å². The van der Waals surface area contributed by atoms with Gasteiger partial charge in [0.05, 0.1) is 14.2 Å². The Balaban J connectivity index is 1.65. The molecule has 1 saturated carbocycles. The highest BCUT2D eigenvalue weighted by Crippen LogP contribution is 2.27. The van der Waals surface area contributed by atoms with Crippen LogP contribution < -0.4 is 20.1 Å². The number of methoxy groups -OCH3 is 2. The van der Waals surface area contributed by atoms with E-state index in [2.05, 4.69) is 16.7 Å². The van der Waals surface area contributed by atoms with Gasteiger partial charge in [-0.15, -0.1) is 0 Å². The molecule has 2 N–H and O–H groups in total. The predicted molar refractivity (Wildman–Crippen MR) is 97.4 cm³/mol. The molecule has 6 heteroatoms. The lowest BCUT2D eigenvalue weighted by atomic mass is 9.87. The minimum Gasteiger partial charge on any atom is -0.493 e. The maximum Gasteiger partial charge on any atom is 0.407 e. The molecule has 140 valence electrons. The van der Waals surface area contributed by atoms with Gasteiger partial charge in [-0.2, -0.15) is 0 Å². The number of rotatable bonds is 7. The Morgan fingerprint density at radius 1 is 1.12 bits per heavy atom. The van der Waals surface area contributed by atoms with Gasteiger partial charge >= 0.3 is 6.09 Å². The standard InChI is InChI=1S/C19H30N2O4/c1-19(2,3)25-18(22)21-15-11-14(12-15)20-9-8-13-6-7-16(23-4)17(10-13)24-5/h6-7,10,14-15,20H,8-9,11-12H2,1-5H3,(H,21,22). The first kappa shape index (κ1) is 19.4. The summed E-state index contributed by atoms with van der Waals surface area (Å²) in [4.78, 5) is 11.7. The third-order valence-corrected chi connectivity index (χ3v) is 4.15. The zero-order chi connectivity index (χ0) is 18.4. The molecule has 1 fully saturated rings. The smallest absolute Gasteiger partial charge is 0.407 e. The highest BCUT2D eigenvalue weighted by Gasteiger charge is 2.31. The molecule has 1 aromatic rings. The van der Waals surface area contributed by atoms with Crippen LogP contribution in [0.2, 0.25) is 0 Å². The van der Waals surface area contributed by atoms with Gasteiger partial charge in [-0.25, -0.2) is 4.79 Å². The summed E-state index contributed by atoms with van der Waals surface area (Å²) in [7, 11) is 3.28. The Morgan fingerprint density at radius 2 is 1.80 bits per heavy atom. The van der Waals surface area contributed by atoms with Gasteiger partial charge in [0.25, 0.3) is 0 Å². The van der Waals surface area contributed by atoms with Crippen LogP contribution in [0, 0.1) is 0 Å². The van der Waals surface area contributed by atoms with Crippen LogP contribution in [0.25, 0.3) is 0 Å². The predicted octanol–water partition coefficient (Wildman–Crippen LogP) is 2.89. The second kappa shape index (κ2) is 8.43. The number of hydrogen-bond acceptors (Lipinski definition) is 5. The second-order valence-corrected chi connectivity index (χ2v) is 7.40. The summed E-state index contributed by atoms with van der Waals surface area (Å²) in [6, 6.07) is 6.64. The van der Waals surface area contributed by atoms with E-state index in [1.807, 2.05) is 32.9 Å². The minimum absolute atomic E-state index is 0.202. The Morgan fingerprint density at radius 3 is 2.40 bits per heavy atom. The van der Waals surface area contributed by atoms with Crippen molar-refractivity contribution in [3.8, 4) is 11.5 Å². The largest absolute Gasteiger partial charge is 0.493 e. The van der Waals surface area contributed by atoms with E-state index in [0.717, 1.165) is 37.3 Å². The van der Waals surface area contributed by atoms with Gasteiger partial charge < -0.3 is 24.8 Å². The van der Waals surface area contributed by atoms with Crippen molar-refractivity contribution in [1.82, 2.24) is 10.6 Å². The van der Waals surface area contributed by atoms with Crippen molar-refractivity contribution in [1.29, 1.82) is 0 Å². The number of amides is 1. The molecule has 0 bridgehead atoms. The number of nitrogens with one attached hydrogen (secondary N) is 2. The van der Waals surface area contributed by atoms with Crippen LogP contribution in [0.5, 0.6) is 11.5 Å². The first-order valence-corrected chi connectivity index (χ1v) is 8.74. The van der Waals surface area contributed by atoms with Gasteiger partial charge in [0.15, 0.2) is 11.5 Å². The lowest BCUT2D eigenvalue weighted by Crippen LogP contribution is -2.53. The monoisotopic (exact) mass is 350 g/mol. The normalized spacial score (nSPS) is 19.7. The van der Waals surface area contributed by atoms with E-state index in [9.17, 15) is 4.79 Å². The minimum atomic E-state index is -0.453. The van der Waals surface area contributed by atoms with E-state index in [1.54, 1.807) is 14.2 Å². The molecule has 1 amide bonds. The molecule has 1 aliphatic rings. The first-order valence-electron chi connectivity index (χ1n) is 8.74. The molecular weight excluding hydrogens is 320 g/mol. The second-order valence-electron chi connectivity index (χ2n) is 7.40. The van der Waals surface area contributed by atoms with E-state index < -0.39 is 5.60 Å². The number of ether oxygens (including phenoxy) is 3. The number of carbonyl (C=O) groups excluding carboxylic acids is 1. The Labute approximate surface area is 150 Å². The van der Waals surface area contributed by atoms with Crippen molar-refractivity contribution in [3.05, 3.63) is 23.8 Å². The molecule has 2 rings (SSSR count). The average Bonchev–Trinajstić information content (AvgIpc) is 2.50. The molecule has 1 aliphatic carbocycles. The molecule has 0 aliphatic heterocycles.